The predicted molar refractivity (Wildman–Crippen MR) is 44.0 cm³/mol. The summed E-state index contributed by atoms with van der Waals surface area (Å²) in [7, 11) is 0. The van der Waals surface area contributed by atoms with Crippen LogP contribution in [0.15, 0.2) is 0 Å². The Morgan fingerprint density at radius 3 is 3.00 bits per heavy atom. The van der Waals surface area contributed by atoms with Crippen molar-refractivity contribution in [3.63, 3.8) is 0 Å². The summed E-state index contributed by atoms with van der Waals surface area (Å²) in [5.41, 5.74) is 4.61. The molecule has 1 unspecified atom stereocenters. The Morgan fingerprint density at radius 2 is 2.50 bits per heavy atom. The third-order valence-corrected chi connectivity index (χ3v) is 2.36. The molecule has 0 aromatic carbocycles. The normalized spacial score (nSPS) is 28.6. The van der Waals surface area contributed by atoms with Crippen molar-refractivity contribution in [2.24, 2.45) is 5.73 Å². The van der Waals surface area contributed by atoms with E-state index in [0.29, 0.717) is 6.54 Å². The Labute approximate surface area is 71.9 Å². The largest absolute Gasteiger partial charge is 0.323 e. The summed E-state index contributed by atoms with van der Waals surface area (Å²) >= 11 is 0. The molecule has 0 aromatic heterocycles. The van der Waals surface area contributed by atoms with Crippen molar-refractivity contribution in [2.75, 3.05) is 13.1 Å². The zero-order valence-electron chi connectivity index (χ0n) is 7.21. The maximum atomic E-state index is 11.2. The highest BCUT2D eigenvalue weighted by Gasteiger charge is 2.38. The number of carbonyl (C=O) groups is 1. The lowest BCUT2D eigenvalue weighted by molar-refractivity contribution is -0.131. The summed E-state index contributed by atoms with van der Waals surface area (Å²) in [5, 5.41) is 8.86. The number of rotatable bonds is 1. The second-order valence-corrected chi connectivity index (χ2v) is 3.24. The highest BCUT2D eigenvalue weighted by Crippen LogP contribution is 2.27. The van der Waals surface area contributed by atoms with Gasteiger partial charge in [0.2, 0.25) is 5.91 Å². The van der Waals surface area contributed by atoms with E-state index >= 15 is 0 Å². The van der Waals surface area contributed by atoms with Crippen molar-refractivity contribution in [1.29, 1.82) is 5.26 Å². The Kier molecular flexibility index (Phi) is 2.34. The summed E-state index contributed by atoms with van der Waals surface area (Å²) in [5.74, 6) is -0.128. The molecule has 0 spiro atoms. The maximum Gasteiger partial charge on any atom is 0.237 e. The van der Waals surface area contributed by atoms with E-state index in [1.54, 1.807) is 11.8 Å². The van der Waals surface area contributed by atoms with Gasteiger partial charge in [0.15, 0.2) is 0 Å². The molecule has 0 saturated carbocycles. The number of amides is 1. The van der Waals surface area contributed by atoms with E-state index in [-0.39, 0.29) is 12.5 Å². The molecule has 0 radical (unpaired) electrons. The summed E-state index contributed by atoms with van der Waals surface area (Å²) in [4.78, 5) is 12.8. The van der Waals surface area contributed by atoms with Crippen LogP contribution in [-0.2, 0) is 4.79 Å². The van der Waals surface area contributed by atoms with Crippen molar-refractivity contribution >= 4 is 5.91 Å². The number of likely N-dealkylation sites (tertiary alicyclic amines) is 1. The second-order valence-electron chi connectivity index (χ2n) is 3.24. The molecule has 4 nitrogen and oxygen atoms in total. The SMILES string of the molecule is CC1(C#N)CCCN1C(=O)CN. The minimum Gasteiger partial charge on any atom is -0.323 e. The third kappa shape index (κ3) is 1.28. The lowest BCUT2D eigenvalue weighted by Crippen LogP contribution is -2.46. The van der Waals surface area contributed by atoms with E-state index in [1.165, 1.54) is 0 Å². The van der Waals surface area contributed by atoms with Crippen LogP contribution in [0.1, 0.15) is 19.8 Å². The van der Waals surface area contributed by atoms with E-state index in [9.17, 15) is 4.79 Å². The molecule has 0 aromatic rings. The fourth-order valence-electron chi connectivity index (χ4n) is 1.59. The quantitative estimate of drug-likeness (QED) is 0.590. The maximum absolute atomic E-state index is 11.2. The molecule has 0 aliphatic carbocycles. The predicted octanol–water partition coefficient (Wildman–Crippen LogP) is -0.150. The van der Waals surface area contributed by atoms with Crippen molar-refractivity contribution in [2.45, 2.75) is 25.3 Å². The zero-order chi connectivity index (χ0) is 9.19. The van der Waals surface area contributed by atoms with Gasteiger partial charge in [-0.05, 0) is 19.8 Å². The first-order valence-electron chi connectivity index (χ1n) is 4.06. The van der Waals surface area contributed by atoms with Crippen LogP contribution < -0.4 is 5.73 Å². The van der Waals surface area contributed by atoms with E-state index in [1.807, 2.05) is 0 Å². The fourth-order valence-corrected chi connectivity index (χ4v) is 1.59. The Bertz CT molecular complexity index is 233. The van der Waals surface area contributed by atoms with Gasteiger partial charge in [-0.3, -0.25) is 4.79 Å². The minimum atomic E-state index is -0.615. The molecule has 66 valence electrons. The number of nitriles is 1. The van der Waals surface area contributed by atoms with Gasteiger partial charge in [0, 0.05) is 6.54 Å². The highest BCUT2D eigenvalue weighted by atomic mass is 16.2. The number of hydrogen-bond donors (Lipinski definition) is 1. The van der Waals surface area contributed by atoms with Crippen LogP contribution >= 0.6 is 0 Å². The van der Waals surface area contributed by atoms with Crippen molar-refractivity contribution in [1.82, 2.24) is 4.90 Å². The van der Waals surface area contributed by atoms with E-state index in [2.05, 4.69) is 6.07 Å². The van der Waals surface area contributed by atoms with Crippen molar-refractivity contribution in [3.05, 3.63) is 0 Å². The highest BCUT2D eigenvalue weighted by molar-refractivity contribution is 5.79. The second kappa shape index (κ2) is 3.11. The van der Waals surface area contributed by atoms with Crippen molar-refractivity contribution in [3.8, 4) is 6.07 Å². The van der Waals surface area contributed by atoms with Gasteiger partial charge < -0.3 is 10.6 Å². The first-order chi connectivity index (χ1) is 5.64. The standard InChI is InChI=1S/C8H13N3O/c1-8(6-10)3-2-4-11(8)7(12)5-9/h2-5,9H2,1H3. The molecule has 1 aliphatic heterocycles. The van der Waals surface area contributed by atoms with Gasteiger partial charge in [-0.1, -0.05) is 0 Å². The molecule has 2 N–H and O–H groups in total. The number of hydrogen-bond acceptors (Lipinski definition) is 3. The monoisotopic (exact) mass is 167 g/mol. The fraction of sp³-hybridized carbons (Fsp3) is 0.750. The lowest BCUT2D eigenvalue weighted by atomic mass is 10.0. The van der Waals surface area contributed by atoms with Gasteiger partial charge in [0.05, 0.1) is 12.6 Å². The first kappa shape index (κ1) is 9.01. The minimum absolute atomic E-state index is 0.00271. The number of carbonyl (C=O) groups excluding carboxylic acids is 1. The molecular formula is C8H13N3O. The molecule has 1 atom stereocenters. The van der Waals surface area contributed by atoms with Crippen LogP contribution in [0.3, 0.4) is 0 Å². The molecule has 1 amide bonds. The van der Waals surface area contributed by atoms with Gasteiger partial charge in [0.25, 0.3) is 0 Å². The molecule has 1 saturated heterocycles. The zero-order valence-corrected chi connectivity index (χ0v) is 7.21. The van der Waals surface area contributed by atoms with Crippen molar-refractivity contribution < 1.29 is 4.79 Å². The Hall–Kier alpha value is -1.08. The molecule has 1 rings (SSSR count). The van der Waals surface area contributed by atoms with Crippen LogP contribution in [0.25, 0.3) is 0 Å². The smallest absolute Gasteiger partial charge is 0.237 e. The summed E-state index contributed by atoms with van der Waals surface area (Å²) < 4.78 is 0. The molecule has 1 heterocycles. The van der Waals surface area contributed by atoms with Gasteiger partial charge in [-0.15, -0.1) is 0 Å². The summed E-state index contributed by atoms with van der Waals surface area (Å²) in [6, 6.07) is 2.16. The molecule has 1 aliphatic rings. The molecule has 0 bridgehead atoms. The Morgan fingerprint density at radius 1 is 1.83 bits per heavy atom. The van der Waals surface area contributed by atoms with Crippen LogP contribution in [0.2, 0.25) is 0 Å². The molecule has 12 heavy (non-hydrogen) atoms. The van der Waals surface area contributed by atoms with Gasteiger partial charge in [-0.25, -0.2) is 0 Å². The van der Waals surface area contributed by atoms with Gasteiger partial charge in [-0.2, -0.15) is 5.26 Å². The topological polar surface area (TPSA) is 70.1 Å². The number of nitrogens with two attached hydrogens (primary N) is 1. The lowest BCUT2D eigenvalue weighted by Gasteiger charge is -2.28. The summed E-state index contributed by atoms with van der Waals surface area (Å²) in [6.07, 6.45) is 1.66. The molecular weight excluding hydrogens is 154 g/mol. The number of nitrogens with zero attached hydrogens (tertiary/aromatic N) is 2. The van der Waals surface area contributed by atoms with Crippen LogP contribution in [0, 0.1) is 11.3 Å². The van der Waals surface area contributed by atoms with Gasteiger partial charge >= 0.3 is 0 Å². The first-order valence-corrected chi connectivity index (χ1v) is 4.06. The van der Waals surface area contributed by atoms with E-state index < -0.39 is 5.54 Å². The van der Waals surface area contributed by atoms with Crippen LogP contribution in [0.5, 0.6) is 0 Å². The van der Waals surface area contributed by atoms with E-state index in [4.69, 9.17) is 11.0 Å². The van der Waals surface area contributed by atoms with Gasteiger partial charge in [0.1, 0.15) is 5.54 Å². The average molecular weight is 167 g/mol. The molecule has 1 fully saturated rings. The van der Waals surface area contributed by atoms with Crippen LogP contribution in [0.4, 0.5) is 0 Å². The summed E-state index contributed by atoms with van der Waals surface area (Å²) in [6.45, 7) is 2.45. The Balaban J connectivity index is 2.78. The average Bonchev–Trinajstić information content (AvgIpc) is 2.47. The van der Waals surface area contributed by atoms with Crippen LogP contribution in [-0.4, -0.2) is 29.4 Å². The molecule has 4 heteroatoms. The van der Waals surface area contributed by atoms with E-state index in [0.717, 1.165) is 12.8 Å². The third-order valence-electron chi connectivity index (χ3n) is 2.36.